The third-order valence-electron chi connectivity index (χ3n) is 2.04. The Bertz CT molecular complexity index is 474. The van der Waals surface area contributed by atoms with E-state index in [1.165, 1.54) is 26.0 Å². The molecule has 0 amide bonds. The summed E-state index contributed by atoms with van der Waals surface area (Å²) < 4.78 is 78.3. The number of ether oxygens (including phenoxy) is 1. The van der Waals surface area contributed by atoms with Gasteiger partial charge in [0.2, 0.25) is 11.9 Å². The highest BCUT2D eigenvalue weighted by atomic mass is 19.4. The first-order valence-corrected chi connectivity index (χ1v) is 5.36. The SMILES string of the molecule is CNc1nc(OC(C(F)(F)F)C(F)(F)F)nc(N(C)C)n1. The number of alkyl halides is 6. The molecule has 1 aromatic heterocycles. The lowest BCUT2D eigenvalue weighted by atomic mass is 10.3. The zero-order valence-electron chi connectivity index (χ0n) is 11.0. The van der Waals surface area contributed by atoms with E-state index in [0.717, 1.165) is 0 Å². The van der Waals surface area contributed by atoms with Crippen LogP contribution in [-0.4, -0.2) is 54.6 Å². The lowest BCUT2D eigenvalue weighted by Gasteiger charge is -2.23. The first kappa shape index (κ1) is 17.0. The molecule has 1 rings (SSSR count). The zero-order valence-corrected chi connectivity index (χ0v) is 11.0. The van der Waals surface area contributed by atoms with Crippen LogP contribution in [0.1, 0.15) is 0 Å². The van der Waals surface area contributed by atoms with E-state index in [1.807, 2.05) is 0 Å². The monoisotopic (exact) mass is 319 g/mol. The minimum absolute atomic E-state index is 0.160. The average molecular weight is 319 g/mol. The van der Waals surface area contributed by atoms with Gasteiger partial charge in [0.1, 0.15) is 0 Å². The third kappa shape index (κ3) is 4.49. The van der Waals surface area contributed by atoms with Gasteiger partial charge in [-0.3, -0.25) is 0 Å². The lowest BCUT2D eigenvalue weighted by Crippen LogP contribution is -2.47. The van der Waals surface area contributed by atoms with Crippen molar-refractivity contribution in [3.05, 3.63) is 0 Å². The molecule has 1 heterocycles. The van der Waals surface area contributed by atoms with Gasteiger partial charge in [0, 0.05) is 21.1 Å². The number of halogens is 6. The molecule has 1 N–H and O–H groups in total. The molecule has 12 heteroatoms. The fourth-order valence-electron chi connectivity index (χ4n) is 1.13. The minimum atomic E-state index is -5.65. The Morgan fingerprint density at radius 1 is 1.00 bits per heavy atom. The molecule has 0 fully saturated rings. The van der Waals surface area contributed by atoms with E-state index in [9.17, 15) is 26.3 Å². The van der Waals surface area contributed by atoms with Crippen LogP contribution in [0.2, 0.25) is 0 Å². The van der Waals surface area contributed by atoms with Gasteiger partial charge < -0.3 is 15.0 Å². The number of anilines is 2. The van der Waals surface area contributed by atoms with Crippen LogP contribution >= 0.6 is 0 Å². The van der Waals surface area contributed by atoms with E-state index in [0.29, 0.717) is 0 Å². The van der Waals surface area contributed by atoms with Crippen LogP contribution in [0.25, 0.3) is 0 Å². The number of rotatable bonds is 4. The molecule has 0 bridgehead atoms. The van der Waals surface area contributed by atoms with Crippen molar-refractivity contribution in [3.63, 3.8) is 0 Å². The zero-order chi connectivity index (χ0) is 16.4. The van der Waals surface area contributed by atoms with Crippen molar-refractivity contribution in [2.24, 2.45) is 0 Å². The van der Waals surface area contributed by atoms with Crippen LogP contribution < -0.4 is 15.0 Å². The van der Waals surface area contributed by atoms with E-state index in [-0.39, 0.29) is 11.9 Å². The molecule has 0 unspecified atom stereocenters. The maximum Gasteiger partial charge on any atom is 0.434 e. The molecule has 120 valence electrons. The van der Waals surface area contributed by atoms with Crippen LogP contribution in [-0.2, 0) is 0 Å². The second-order valence-electron chi connectivity index (χ2n) is 3.97. The smallest absolute Gasteiger partial charge is 0.434 e. The van der Waals surface area contributed by atoms with Gasteiger partial charge >= 0.3 is 18.4 Å². The molecule has 0 aromatic carbocycles. The van der Waals surface area contributed by atoms with E-state index >= 15 is 0 Å². The molecule has 0 aliphatic carbocycles. The molecule has 0 radical (unpaired) electrons. The summed E-state index contributed by atoms with van der Waals surface area (Å²) in [5, 5.41) is 2.38. The quantitative estimate of drug-likeness (QED) is 0.855. The fraction of sp³-hybridized carbons (Fsp3) is 0.667. The Hall–Kier alpha value is -2.01. The molecule has 1 aromatic rings. The summed E-state index contributed by atoms with van der Waals surface area (Å²) in [5.41, 5.74) is 0. The van der Waals surface area contributed by atoms with Crippen molar-refractivity contribution < 1.29 is 31.1 Å². The molecular formula is C9H11F6N5O. The molecule has 0 aliphatic heterocycles. The van der Waals surface area contributed by atoms with Crippen molar-refractivity contribution in [2.45, 2.75) is 18.5 Å². The third-order valence-corrected chi connectivity index (χ3v) is 2.04. The van der Waals surface area contributed by atoms with Crippen molar-refractivity contribution in [1.29, 1.82) is 0 Å². The molecule has 0 aliphatic rings. The Balaban J connectivity index is 3.18. The number of aromatic nitrogens is 3. The van der Waals surface area contributed by atoms with Gasteiger partial charge in [-0.25, -0.2) is 0 Å². The van der Waals surface area contributed by atoms with Gasteiger partial charge in [-0.2, -0.15) is 41.3 Å². The number of hydrogen-bond donors (Lipinski definition) is 1. The highest BCUT2D eigenvalue weighted by Crippen LogP contribution is 2.36. The molecule has 6 nitrogen and oxygen atoms in total. The lowest BCUT2D eigenvalue weighted by molar-refractivity contribution is -0.301. The van der Waals surface area contributed by atoms with Gasteiger partial charge in [0.05, 0.1) is 0 Å². The highest BCUT2D eigenvalue weighted by Gasteiger charge is 2.59. The molecule has 0 spiro atoms. The standard InChI is InChI=1S/C9H11F6N5O/c1-16-5-17-6(20(2)3)19-7(18-5)21-4(8(10,11)12)9(13,14)15/h4H,1-3H3,(H,16,17,18,19). The fourth-order valence-corrected chi connectivity index (χ4v) is 1.13. The minimum Gasteiger partial charge on any atom is -0.440 e. The Morgan fingerprint density at radius 3 is 1.90 bits per heavy atom. The van der Waals surface area contributed by atoms with Crippen molar-refractivity contribution in [1.82, 2.24) is 15.0 Å². The summed E-state index contributed by atoms with van der Waals surface area (Å²) in [6, 6.07) is -1.09. The van der Waals surface area contributed by atoms with E-state index in [4.69, 9.17) is 0 Å². The summed E-state index contributed by atoms with van der Waals surface area (Å²) in [5.74, 6) is -0.390. The van der Waals surface area contributed by atoms with Crippen LogP contribution in [0.3, 0.4) is 0 Å². The van der Waals surface area contributed by atoms with E-state index in [1.54, 1.807) is 0 Å². The van der Waals surface area contributed by atoms with Crippen molar-refractivity contribution in [3.8, 4) is 6.01 Å². The Morgan fingerprint density at radius 2 is 1.52 bits per heavy atom. The van der Waals surface area contributed by atoms with Crippen molar-refractivity contribution in [2.75, 3.05) is 31.4 Å². The first-order chi connectivity index (χ1) is 9.45. The summed E-state index contributed by atoms with van der Waals surface area (Å²) >= 11 is 0. The van der Waals surface area contributed by atoms with Gasteiger partial charge in [-0.1, -0.05) is 0 Å². The maximum absolute atomic E-state index is 12.4. The molecule has 21 heavy (non-hydrogen) atoms. The highest BCUT2D eigenvalue weighted by molar-refractivity contribution is 5.36. The Labute approximate surface area is 115 Å². The largest absolute Gasteiger partial charge is 0.440 e. The molecular weight excluding hydrogens is 308 g/mol. The molecule has 0 saturated heterocycles. The van der Waals surface area contributed by atoms with Gasteiger partial charge in [0.25, 0.3) is 6.10 Å². The van der Waals surface area contributed by atoms with Crippen LogP contribution in [0.4, 0.5) is 38.2 Å². The summed E-state index contributed by atoms with van der Waals surface area (Å²) in [6.45, 7) is 0. The second-order valence-corrected chi connectivity index (χ2v) is 3.97. The van der Waals surface area contributed by atoms with Crippen LogP contribution in [0.15, 0.2) is 0 Å². The number of hydrogen-bond acceptors (Lipinski definition) is 6. The topological polar surface area (TPSA) is 63.2 Å². The summed E-state index contributed by atoms with van der Waals surface area (Å²) in [7, 11) is 4.23. The van der Waals surface area contributed by atoms with Crippen LogP contribution in [0.5, 0.6) is 6.01 Å². The predicted octanol–water partition coefficient (Wildman–Crippen LogP) is 1.85. The molecule has 0 atom stereocenters. The van der Waals surface area contributed by atoms with E-state index < -0.39 is 24.5 Å². The van der Waals surface area contributed by atoms with Gasteiger partial charge in [-0.15, -0.1) is 0 Å². The summed E-state index contributed by atoms with van der Waals surface area (Å²) in [6.07, 6.45) is -15.3. The predicted molar refractivity (Wildman–Crippen MR) is 60.2 cm³/mol. The normalized spacial score (nSPS) is 12.5. The number of nitrogens with one attached hydrogen (secondary N) is 1. The summed E-state index contributed by atoms with van der Waals surface area (Å²) in [4.78, 5) is 11.7. The van der Waals surface area contributed by atoms with Gasteiger partial charge in [0.15, 0.2) is 0 Å². The number of nitrogens with zero attached hydrogens (tertiary/aromatic N) is 4. The molecule has 0 saturated carbocycles. The van der Waals surface area contributed by atoms with Crippen LogP contribution in [0, 0.1) is 0 Å². The first-order valence-electron chi connectivity index (χ1n) is 5.36. The Kier molecular flexibility index (Phi) is 4.69. The van der Waals surface area contributed by atoms with E-state index in [2.05, 4.69) is 25.0 Å². The van der Waals surface area contributed by atoms with Crippen molar-refractivity contribution >= 4 is 11.9 Å². The van der Waals surface area contributed by atoms with Gasteiger partial charge in [-0.05, 0) is 0 Å². The maximum atomic E-state index is 12.4. The average Bonchev–Trinajstić information content (AvgIpc) is 2.32. The second kappa shape index (κ2) is 5.77.